The lowest BCUT2D eigenvalue weighted by Gasteiger charge is -2.34. The van der Waals surface area contributed by atoms with Crippen molar-refractivity contribution in [2.24, 2.45) is 0 Å². The third-order valence-electron chi connectivity index (χ3n) is 4.54. The molecule has 1 unspecified atom stereocenters. The Morgan fingerprint density at radius 3 is 3.12 bits per heavy atom. The van der Waals surface area contributed by atoms with Crippen molar-refractivity contribution in [2.75, 3.05) is 31.1 Å². The molecule has 6 heteroatoms. The SMILES string of the molecule is CCc1cccc2nc(N3CCNCC3COc3cccnc3)oc12. The van der Waals surface area contributed by atoms with Crippen LogP contribution in [0.3, 0.4) is 0 Å². The number of nitrogens with zero attached hydrogens (tertiary/aromatic N) is 3. The molecule has 1 N–H and O–H groups in total. The molecule has 0 spiro atoms. The van der Waals surface area contributed by atoms with Gasteiger partial charge in [-0.3, -0.25) is 4.98 Å². The van der Waals surface area contributed by atoms with E-state index in [2.05, 4.69) is 28.2 Å². The number of oxazole rings is 1. The van der Waals surface area contributed by atoms with Gasteiger partial charge in [0.25, 0.3) is 6.01 Å². The summed E-state index contributed by atoms with van der Waals surface area (Å²) in [5.41, 5.74) is 3.00. The number of hydrogen-bond donors (Lipinski definition) is 1. The molecule has 1 aliphatic rings. The first-order valence-corrected chi connectivity index (χ1v) is 8.73. The summed E-state index contributed by atoms with van der Waals surface area (Å²) in [6.07, 6.45) is 4.40. The molecule has 3 aromatic rings. The second-order valence-corrected chi connectivity index (χ2v) is 6.17. The molecule has 1 aromatic carbocycles. The van der Waals surface area contributed by atoms with Gasteiger partial charge in [0.1, 0.15) is 17.9 Å². The van der Waals surface area contributed by atoms with Gasteiger partial charge in [0.05, 0.1) is 12.2 Å². The Balaban J connectivity index is 1.56. The largest absolute Gasteiger partial charge is 0.490 e. The Kier molecular flexibility index (Phi) is 4.52. The van der Waals surface area contributed by atoms with E-state index in [1.165, 1.54) is 5.56 Å². The lowest BCUT2D eigenvalue weighted by atomic mass is 10.1. The van der Waals surface area contributed by atoms with Crippen molar-refractivity contribution in [3.8, 4) is 5.75 Å². The Hall–Kier alpha value is -2.60. The Bertz CT molecular complexity index is 834. The van der Waals surface area contributed by atoms with Gasteiger partial charge in [-0.05, 0) is 30.2 Å². The zero-order valence-electron chi connectivity index (χ0n) is 14.3. The highest BCUT2D eigenvalue weighted by Crippen LogP contribution is 2.27. The topological polar surface area (TPSA) is 63.4 Å². The van der Waals surface area contributed by atoms with Crippen LogP contribution in [0.15, 0.2) is 47.1 Å². The number of piperazine rings is 1. The Labute approximate surface area is 146 Å². The lowest BCUT2D eigenvalue weighted by molar-refractivity contribution is 0.261. The van der Waals surface area contributed by atoms with E-state index < -0.39 is 0 Å². The molecule has 1 atom stereocenters. The zero-order valence-corrected chi connectivity index (χ0v) is 14.3. The quantitative estimate of drug-likeness (QED) is 0.772. The van der Waals surface area contributed by atoms with Gasteiger partial charge < -0.3 is 19.4 Å². The van der Waals surface area contributed by atoms with Crippen LogP contribution in [0.25, 0.3) is 11.1 Å². The fourth-order valence-electron chi connectivity index (χ4n) is 3.18. The number of nitrogens with one attached hydrogen (secondary N) is 1. The van der Waals surface area contributed by atoms with Crippen molar-refractivity contribution in [2.45, 2.75) is 19.4 Å². The first-order chi connectivity index (χ1) is 12.3. The second kappa shape index (κ2) is 7.11. The highest BCUT2D eigenvalue weighted by atomic mass is 16.5. The maximum Gasteiger partial charge on any atom is 0.298 e. The number of hydrogen-bond acceptors (Lipinski definition) is 6. The zero-order chi connectivity index (χ0) is 17.1. The molecule has 1 saturated heterocycles. The van der Waals surface area contributed by atoms with Crippen LogP contribution in [0.1, 0.15) is 12.5 Å². The van der Waals surface area contributed by atoms with Crippen LogP contribution >= 0.6 is 0 Å². The van der Waals surface area contributed by atoms with E-state index in [1.807, 2.05) is 24.3 Å². The maximum absolute atomic E-state index is 6.13. The summed E-state index contributed by atoms with van der Waals surface area (Å²) in [6, 6.07) is 10.8. The average molecular weight is 338 g/mol. The number of fused-ring (bicyclic) bond motifs is 1. The summed E-state index contributed by atoms with van der Waals surface area (Å²) in [6.45, 7) is 5.27. The molecule has 1 fully saturated rings. The molecule has 4 rings (SSSR count). The van der Waals surface area contributed by atoms with E-state index in [4.69, 9.17) is 14.1 Å². The van der Waals surface area contributed by atoms with Crippen molar-refractivity contribution in [1.82, 2.24) is 15.3 Å². The van der Waals surface area contributed by atoms with E-state index in [0.717, 1.165) is 42.9 Å². The highest BCUT2D eigenvalue weighted by Gasteiger charge is 2.27. The summed E-state index contributed by atoms with van der Waals surface area (Å²) in [4.78, 5) is 11.0. The molecule has 25 heavy (non-hydrogen) atoms. The fraction of sp³-hybridized carbons (Fsp3) is 0.368. The van der Waals surface area contributed by atoms with E-state index in [0.29, 0.717) is 12.6 Å². The first-order valence-electron chi connectivity index (χ1n) is 8.73. The third-order valence-corrected chi connectivity index (χ3v) is 4.54. The van der Waals surface area contributed by atoms with Gasteiger partial charge >= 0.3 is 0 Å². The molecule has 1 aliphatic heterocycles. The van der Waals surface area contributed by atoms with Crippen LogP contribution < -0.4 is 15.0 Å². The number of para-hydroxylation sites is 1. The van der Waals surface area contributed by atoms with Gasteiger partial charge in [-0.25, -0.2) is 0 Å². The molecule has 0 bridgehead atoms. The molecule has 0 aliphatic carbocycles. The number of pyridine rings is 1. The van der Waals surface area contributed by atoms with Crippen LogP contribution in [0.2, 0.25) is 0 Å². The van der Waals surface area contributed by atoms with Gasteiger partial charge in [0.15, 0.2) is 5.58 Å². The smallest absolute Gasteiger partial charge is 0.298 e. The molecule has 2 aromatic heterocycles. The number of ether oxygens (including phenoxy) is 1. The molecular weight excluding hydrogens is 316 g/mol. The average Bonchev–Trinajstić information content (AvgIpc) is 3.11. The number of benzene rings is 1. The molecule has 0 radical (unpaired) electrons. The fourth-order valence-corrected chi connectivity index (χ4v) is 3.18. The van der Waals surface area contributed by atoms with Crippen molar-refractivity contribution >= 4 is 17.1 Å². The van der Waals surface area contributed by atoms with Crippen LogP contribution in [-0.4, -0.2) is 42.3 Å². The summed E-state index contributed by atoms with van der Waals surface area (Å²) in [7, 11) is 0. The molecule has 0 amide bonds. The number of aromatic nitrogens is 2. The van der Waals surface area contributed by atoms with Crippen LogP contribution in [0.4, 0.5) is 6.01 Å². The summed E-state index contributed by atoms with van der Waals surface area (Å²) >= 11 is 0. The molecular formula is C19H22N4O2. The maximum atomic E-state index is 6.13. The van der Waals surface area contributed by atoms with Crippen LogP contribution in [0, 0.1) is 0 Å². The minimum Gasteiger partial charge on any atom is -0.490 e. The number of aryl methyl sites for hydroxylation is 1. The van der Waals surface area contributed by atoms with Crippen LogP contribution in [-0.2, 0) is 6.42 Å². The Morgan fingerprint density at radius 2 is 2.28 bits per heavy atom. The van der Waals surface area contributed by atoms with Crippen molar-refractivity contribution in [1.29, 1.82) is 0 Å². The predicted octanol–water partition coefficient (Wildman–Crippen LogP) is 2.64. The normalized spacial score (nSPS) is 17.8. The second-order valence-electron chi connectivity index (χ2n) is 6.17. The van der Waals surface area contributed by atoms with E-state index in [9.17, 15) is 0 Å². The highest BCUT2D eigenvalue weighted by molar-refractivity contribution is 5.78. The van der Waals surface area contributed by atoms with Gasteiger partial charge in [-0.1, -0.05) is 19.1 Å². The van der Waals surface area contributed by atoms with Gasteiger partial charge in [-0.2, -0.15) is 4.98 Å². The third kappa shape index (κ3) is 3.30. The van der Waals surface area contributed by atoms with E-state index in [1.54, 1.807) is 12.4 Å². The van der Waals surface area contributed by atoms with Gasteiger partial charge in [0, 0.05) is 25.8 Å². The molecule has 3 heterocycles. The standard InChI is InChI=1S/C19H22N4O2/c1-2-14-5-3-7-17-18(14)25-19(22-17)23-10-9-21-11-15(23)13-24-16-6-4-8-20-12-16/h3-8,12,15,21H,2,9-11,13H2,1H3. The summed E-state index contributed by atoms with van der Waals surface area (Å²) in [5.74, 6) is 0.777. The predicted molar refractivity (Wildman–Crippen MR) is 97.1 cm³/mol. The van der Waals surface area contributed by atoms with Crippen molar-refractivity contribution in [3.63, 3.8) is 0 Å². The molecule has 6 nitrogen and oxygen atoms in total. The number of anilines is 1. The Morgan fingerprint density at radius 1 is 1.32 bits per heavy atom. The molecule has 0 saturated carbocycles. The monoisotopic (exact) mass is 338 g/mol. The van der Waals surface area contributed by atoms with E-state index >= 15 is 0 Å². The minimum absolute atomic E-state index is 0.159. The lowest BCUT2D eigenvalue weighted by Crippen LogP contribution is -2.54. The summed E-state index contributed by atoms with van der Waals surface area (Å²) in [5, 5.41) is 3.42. The van der Waals surface area contributed by atoms with Gasteiger partial charge in [0.2, 0.25) is 0 Å². The van der Waals surface area contributed by atoms with E-state index in [-0.39, 0.29) is 6.04 Å². The van der Waals surface area contributed by atoms with Crippen molar-refractivity contribution in [3.05, 3.63) is 48.3 Å². The van der Waals surface area contributed by atoms with Gasteiger partial charge in [-0.15, -0.1) is 0 Å². The number of rotatable bonds is 5. The van der Waals surface area contributed by atoms with Crippen LogP contribution in [0.5, 0.6) is 5.75 Å². The summed E-state index contributed by atoms with van der Waals surface area (Å²) < 4.78 is 12.0. The van der Waals surface area contributed by atoms with Crippen molar-refractivity contribution < 1.29 is 9.15 Å². The first kappa shape index (κ1) is 15.9. The minimum atomic E-state index is 0.159. The molecule has 130 valence electrons.